The molecule has 2 fully saturated rings. The number of ether oxygens (including phenoxy) is 2. The maximum atomic E-state index is 13.0. The molecule has 0 spiro atoms. The molecular formula is C35H40N6O5S2. The molecule has 2 aromatic carbocycles. The molecule has 6 atom stereocenters. The predicted molar refractivity (Wildman–Crippen MR) is 186 cm³/mol. The van der Waals surface area contributed by atoms with Gasteiger partial charge in [0.2, 0.25) is 11.8 Å². The molecule has 2 amide bonds. The molecule has 252 valence electrons. The largest absolute Gasteiger partial charge is 0.508 e. The Balaban J connectivity index is 0.907. The first-order valence-corrected chi connectivity index (χ1v) is 17.9. The summed E-state index contributed by atoms with van der Waals surface area (Å²) in [5.41, 5.74) is 9.86. The monoisotopic (exact) mass is 688 g/mol. The Morgan fingerprint density at radius 2 is 1.10 bits per heavy atom. The number of rotatable bonds is 10. The van der Waals surface area contributed by atoms with Crippen LogP contribution in [0, 0.1) is 13.8 Å². The number of aromatic nitrogens is 2. The number of hydrogen-bond acceptors (Lipinski definition) is 11. The van der Waals surface area contributed by atoms with Crippen LogP contribution in [0.3, 0.4) is 0 Å². The summed E-state index contributed by atoms with van der Waals surface area (Å²) in [6.45, 7) is 8.56. The van der Waals surface area contributed by atoms with Crippen LogP contribution in [0.15, 0.2) is 59.6 Å². The number of nitrogens with one attached hydrogen (secondary N) is 4. The van der Waals surface area contributed by atoms with E-state index in [1.807, 2.05) is 87.2 Å². The van der Waals surface area contributed by atoms with Crippen LogP contribution in [-0.4, -0.2) is 65.3 Å². The van der Waals surface area contributed by atoms with Crippen molar-refractivity contribution in [2.45, 2.75) is 76.9 Å². The van der Waals surface area contributed by atoms with E-state index in [0.29, 0.717) is 25.9 Å². The second kappa shape index (κ2) is 14.9. The first-order valence-electron chi connectivity index (χ1n) is 16.1. The summed E-state index contributed by atoms with van der Waals surface area (Å²) >= 11 is 3.21. The molecule has 4 aromatic rings. The average Bonchev–Trinajstić information content (AvgIpc) is 3.90. The number of nitrogens with zero attached hydrogens (tertiary/aromatic N) is 2. The van der Waals surface area contributed by atoms with Gasteiger partial charge in [-0.25, -0.2) is 14.8 Å². The molecule has 13 heteroatoms. The van der Waals surface area contributed by atoms with Gasteiger partial charge in [-0.2, -0.15) is 0 Å². The van der Waals surface area contributed by atoms with Crippen molar-refractivity contribution in [2.24, 2.45) is 0 Å². The lowest BCUT2D eigenvalue weighted by molar-refractivity contribution is -0.124. The minimum atomic E-state index is -0.801. The van der Waals surface area contributed by atoms with Crippen molar-refractivity contribution in [1.29, 1.82) is 0 Å². The van der Waals surface area contributed by atoms with Gasteiger partial charge < -0.3 is 30.7 Å². The fourth-order valence-corrected chi connectivity index (χ4v) is 7.71. The van der Waals surface area contributed by atoms with E-state index in [-0.39, 0.29) is 23.9 Å². The van der Waals surface area contributed by atoms with Gasteiger partial charge in [0.1, 0.15) is 12.2 Å². The minimum Gasteiger partial charge on any atom is -0.430 e. The Morgan fingerprint density at radius 3 is 1.46 bits per heavy atom. The molecule has 2 aliphatic heterocycles. The number of benzene rings is 2. The highest BCUT2D eigenvalue weighted by Gasteiger charge is 2.36. The Bertz CT molecular complexity index is 1610. The number of aryl methyl sites for hydroxylation is 2. The molecule has 0 aliphatic carbocycles. The molecule has 4 heterocycles. The summed E-state index contributed by atoms with van der Waals surface area (Å²) in [6.07, 6.45) is -1.11. The molecule has 0 radical (unpaired) electrons. The Labute approximate surface area is 287 Å². The van der Waals surface area contributed by atoms with Crippen LogP contribution >= 0.6 is 22.7 Å². The molecule has 0 unspecified atom stereocenters. The number of thiazole rings is 2. The van der Waals surface area contributed by atoms with Crippen LogP contribution in [0.4, 0.5) is 4.79 Å². The average molecular weight is 689 g/mol. The molecule has 2 aromatic heterocycles. The number of carbonyl (C=O) groups excluding carboxylic acids is 3. The molecule has 2 aliphatic rings. The highest BCUT2D eigenvalue weighted by molar-refractivity contribution is 7.13. The first-order chi connectivity index (χ1) is 23.1. The van der Waals surface area contributed by atoms with E-state index in [1.165, 1.54) is 0 Å². The zero-order valence-electron chi connectivity index (χ0n) is 27.3. The van der Waals surface area contributed by atoms with E-state index in [9.17, 15) is 14.4 Å². The third kappa shape index (κ3) is 7.92. The van der Waals surface area contributed by atoms with Crippen LogP contribution in [0.5, 0.6) is 0 Å². The zero-order chi connectivity index (χ0) is 33.8. The predicted octanol–water partition coefficient (Wildman–Crippen LogP) is 5.22. The molecule has 0 bridgehead atoms. The van der Waals surface area contributed by atoms with Gasteiger partial charge in [0.15, 0.2) is 0 Å². The normalized spacial score (nSPS) is 21.8. The van der Waals surface area contributed by atoms with Crippen LogP contribution in [-0.2, 0) is 19.1 Å². The van der Waals surface area contributed by atoms with Crippen LogP contribution in [0.2, 0.25) is 0 Å². The van der Waals surface area contributed by atoms with Gasteiger partial charge in [0.05, 0.1) is 56.3 Å². The maximum Gasteiger partial charge on any atom is 0.508 e. The van der Waals surface area contributed by atoms with Crippen molar-refractivity contribution in [1.82, 2.24) is 31.2 Å². The first kappa shape index (κ1) is 33.7. The van der Waals surface area contributed by atoms with Crippen LogP contribution in [0.25, 0.3) is 20.9 Å². The van der Waals surface area contributed by atoms with E-state index in [1.54, 1.807) is 22.7 Å². The summed E-state index contributed by atoms with van der Waals surface area (Å²) < 4.78 is 11.0. The van der Waals surface area contributed by atoms with Gasteiger partial charge in [-0.05, 0) is 49.9 Å². The Kier molecular flexibility index (Phi) is 10.5. The second-order valence-electron chi connectivity index (χ2n) is 12.4. The minimum absolute atomic E-state index is 0.154. The number of carbonyl (C=O) groups is 3. The third-order valence-corrected chi connectivity index (χ3v) is 10.8. The Morgan fingerprint density at radius 1 is 0.708 bits per heavy atom. The fraction of sp³-hybridized carbons (Fsp3) is 0.400. The highest BCUT2D eigenvalue weighted by atomic mass is 32.1. The van der Waals surface area contributed by atoms with Crippen molar-refractivity contribution in [2.75, 3.05) is 13.1 Å². The van der Waals surface area contributed by atoms with Crippen LogP contribution < -0.4 is 21.3 Å². The lowest BCUT2D eigenvalue weighted by atomic mass is 10.0. The summed E-state index contributed by atoms with van der Waals surface area (Å²) in [5, 5.41) is 12.4. The highest BCUT2D eigenvalue weighted by Crippen LogP contribution is 2.29. The summed E-state index contributed by atoms with van der Waals surface area (Å²) in [4.78, 5) is 49.5. The van der Waals surface area contributed by atoms with Crippen molar-refractivity contribution < 1.29 is 23.9 Å². The third-order valence-electron chi connectivity index (χ3n) is 8.89. The van der Waals surface area contributed by atoms with Gasteiger partial charge in [-0.15, -0.1) is 22.7 Å². The zero-order valence-corrected chi connectivity index (χ0v) is 29.0. The lowest BCUT2D eigenvalue weighted by Crippen LogP contribution is -2.41. The van der Waals surface area contributed by atoms with E-state index in [4.69, 9.17) is 9.47 Å². The Hall–Kier alpha value is -4.17. The SMILES string of the molecule is Cc1ncsc1-c1ccc([C@H](C)NC(=O)[C@@H]2C[C@@H](OC(=O)O[C@H]3CN[C@H](C(=O)N[C@@H](C)c4ccc(-c5scnc5C)cc4)C3)CN2)cc1. The van der Waals surface area contributed by atoms with Crippen LogP contribution in [0.1, 0.15) is 61.3 Å². The maximum absolute atomic E-state index is 13.0. The van der Waals surface area contributed by atoms with E-state index < -0.39 is 30.4 Å². The molecule has 48 heavy (non-hydrogen) atoms. The molecule has 0 saturated carbocycles. The second-order valence-corrected chi connectivity index (χ2v) is 14.1. The van der Waals surface area contributed by atoms with Crippen molar-refractivity contribution in [3.63, 3.8) is 0 Å². The van der Waals surface area contributed by atoms with E-state index >= 15 is 0 Å². The standard InChI is InChI=1S/C35H40N6O5S2/c1-19(23-5-9-25(10-6-23)31-21(3)38-17-47-31)40-33(42)29-13-27(15-36-29)45-35(44)46-28-14-30(37-16-28)34(43)41-20(2)24-7-11-26(12-8-24)32-22(4)39-18-48-32/h5-12,17-20,27-30,36-37H,13-16H2,1-4H3,(H,40,42)(H,41,43)/t19-,20-,27+,28+,29-,30-/m0/s1. The number of amides is 2. The molecule has 4 N–H and O–H groups in total. The smallest absolute Gasteiger partial charge is 0.430 e. The molecule has 11 nitrogen and oxygen atoms in total. The molecule has 2 saturated heterocycles. The van der Waals surface area contributed by atoms with Gasteiger partial charge in [0.25, 0.3) is 0 Å². The van der Waals surface area contributed by atoms with E-state index in [0.717, 1.165) is 43.4 Å². The van der Waals surface area contributed by atoms with Gasteiger partial charge in [-0.3, -0.25) is 9.59 Å². The topological polar surface area (TPSA) is 144 Å². The quantitative estimate of drug-likeness (QED) is 0.165. The summed E-state index contributed by atoms with van der Waals surface area (Å²) in [7, 11) is 0. The lowest BCUT2D eigenvalue weighted by Gasteiger charge is -2.18. The van der Waals surface area contributed by atoms with Crippen molar-refractivity contribution >= 4 is 40.6 Å². The van der Waals surface area contributed by atoms with Gasteiger partial charge >= 0.3 is 6.16 Å². The van der Waals surface area contributed by atoms with Gasteiger partial charge in [-0.1, -0.05) is 48.5 Å². The van der Waals surface area contributed by atoms with E-state index in [2.05, 4.69) is 31.2 Å². The number of hydrogen-bond donors (Lipinski definition) is 4. The van der Waals surface area contributed by atoms with Crippen molar-refractivity contribution in [3.8, 4) is 20.9 Å². The summed E-state index contributed by atoms with van der Waals surface area (Å²) in [6, 6.07) is 14.9. The fourth-order valence-electron chi connectivity index (χ4n) is 6.08. The van der Waals surface area contributed by atoms with Crippen molar-refractivity contribution in [3.05, 3.63) is 82.1 Å². The molecule has 6 rings (SSSR count). The summed E-state index contributed by atoms with van der Waals surface area (Å²) in [5.74, 6) is -0.309. The molecular weight excluding hydrogens is 649 g/mol. The van der Waals surface area contributed by atoms with Gasteiger partial charge in [0, 0.05) is 25.9 Å².